The number of amides is 1. The van der Waals surface area contributed by atoms with E-state index in [-0.39, 0.29) is 0 Å². The lowest BCUT2D eigenvalue weighted by Crippen LogP contribution is -2.47. The Morgan fingerprint density at radius 2 is 1.96 bits per heavy atom. The van der Waals surface area contributed by atoms with Gasteiger partial charge in [0, 0.05) is 35.9 Å². The van der Waals surface area contributed by atoms with Crippen LogP contribution in [0.15, 0.2) is 42.7 Å². The normalized spacial score (nSPS) is 25.9. The maximum Gasteiger partial charge on any atom is 0.223 e. The third-order valence-electron chi connectivity index (χ3n) is 5.41. The first-order valence-electron chi connectivity index (χ1n) is 8.75. The molecule has 2 bridgehead atoms. The van der Waals surface area contributed by atoms with Crippen molar-refractivity contribution in [3.63, 3.8) is 0 Å². The van der Waals surface area contributed by atoms with Gasteiger partial charge in [0.05, 0.1) is 6.04 Å². The molecule has 2 aromatic rings. The topological polar surface area (TPSA) is 38.1 Å². The van der Waals surface area contributed by atoms with E-state index in [2.05, 4.69) is 14.7 Å². The lowest BCUT2D eigenvalue weighted by Gasteiger charge is -2.39. The highest BCUT2D eigenvalue weighted by molar-refractivity contribution is 6.30. The molecule has 4 rings (SSSR count). The maximum atomic E-state index is 12.8. The Kier molecular flexibility index (Phi) is 4.31. The molecule has 24 heavy (non-hydrogen) atoms. The van der Waals surface area contributed by atoms with Crippen LogP contribution in [0.25, 0.3) is 0 Å². The number of aryl methyl sites for hydroxylation is 1. The van der Waals surface area contributed by atoms with Crippen LogP contribution in [-0.2, 0) is 11.2 Å². The van der Waals surface area contributed by atoms with Gasteiger partial charge in [-0.1, -0.05) is 23.7 Å². The Hall–Kier alpha value is -1.81. The number of nitrogens with zero attached hydrogens (tertiary/aromatic N) is 3. The first kappa shape index (κ1) is 15.7. The Morgan fingerprint density at radius 3 is 2.62 bits per heavy atom. The minimum Gasteiger partial charge on any atom is -0.337 e. The smallest absolute Gasteiger partial charge is 0.223 e. The molecular weight excluding hydrogens is 322 g/mol. The molecule has 0 aliphatic carbocycles. The predicted molar refractivity (Wildman–Crippen MR) is 93.9 cm³/mol. The monoisotopic (exact) mass is 343 g/mol. The molecule has 0 spiro atoms. The molecule has 1 aromatic heterocycles. The van der Waals surface area contributed by atoms with E-state index >= 15 is 0 Å². The van der Waals surface area contributed by atoms with Gasteiger partial charge in [0.25, 0.3) is 0 Å². The summed E-state index contributed by atoms with van der Waals surface area (Å²) in [4.78, 5) is 15.0. The zero-order valence-corrected chi connectivity index (χ0v) is 14.4. The highest BCUT2D eigenvalue weighted by Gasteiger charge is 2.43. The highest BCUT2D eigenvalue weighted by Crippen LogP contribution is 2.40. The van der Waals surface area contributed by atoms with Gasteiger partial charge in [0.2, 0.25) is 5.91 Å². The Bertz CT molecular complexity index is 701. The van der Waals surface area contributed by atoms with Gasteiger partial charge in [0.1, 0.15) is 0 Å². The molecule has 3 heterocycles. The lowest BCUT2D eigenvalue weighted by molar-refractivity contribution is -0.136. The number of aromatic nitrogens is 2. The van der Waals surface area contributed by atoms with Crippen molar-refractivity contribution < 1.29 is 4.79 Å². The zero-order valence-electron chi connectivity index (χ0n) is 13.6. The molecule has 2 aliphatic heterocycles. The summed E-state index contributed by atoms with van der Waals surface area (Å²) in [6.07, 6.45) is 9.53. The van der Waals surface area contributed by atoms with E-state index in [0.29, 0.717) is 30.5 Å². The standard InChI is InChI=1S/C19H22ClN3O/c20-15-4-1-3-14(11-15)5-8-19(24)23-16-6-7-17(23)13-18(12-16)22-10-2-9-21-22/h1-4,9-11,16-18H,5-8,12-13H2. The van der Waals surface area contributed by atoms with Gasteiger partial charge in [-0.25, -0.2) is 0 Å². The number of fused-ring (bicyclic) bond motifs is 2. The van der Waals surface area contributed by atoms with Crippen LogP contribution in [0.1, 0.15) is 43.7 Å². The van der Waals surface area contributed by atoms with Gasteiger partial charge in [-0.2, -0.15) is 5.10 Å². The van der Waals surface area contributed by atoms with Gasteiger partial charge in [0.15, 0.2) is 0 Å². The van der Waals surface area contributed by atoms with E-state index in [1.54, 1.807) is 0 Å². The van der Waals surface area contributed by atoms with Gasteiger partial charge in [-0.15, -0.1) is 0 Å². The van der Waals surface area contributed by atoms with Crippen molar-refractivity contribution in [3.05, 3.63) is 53.3 Å². The zero-order chi connectivity index (χ0) is 16.5. The van der Waals surface area contributed by atoms with E-state index in [4.69, 9.17) is 11.6 Å². The average molecular weight is 344 g/mol. The molecule has 0 N–H and O–H groups in total. The molecule has 4 nitrogen and oxygen atoms in total. The Balaban J connectivity index is 1.39. The number of halogens is 1. The van der Waals surface area contributed by atoms with Gasteiger partial charge in [-0.05, 0) is 55.9 Å². The Morgan fingerprint density at radius 1 is 1.17 bits per heavy atom. The maximum absolute atomic E-state index is 12.8. The van der Waals surface area contributed by atoms with Crippen LogP contribution < -0.4 is 0 Å². The predicted octanol–water partition coefficient (Wildman–Crippen LogP) is 3.86. The third-order valence-corrected chi connectivity index (χ3v) is 5.65. The first-order chi connectivity index (χ1) is 11.7. The number of piperidine rings is 1. The minimum atomic E-state index is 0.293. The highest BCUT2D eigenvalue weighted by atomic mass is 35.5. The molecule has 0 radical (unpaired) electrons. The van der Waals surface area contributed by atoms with Crippen LogP contribution in [0.5, 0.6) is 0 Å². The van der Waals surface area contributed by atoms with Crippen molar-refractivity contribution in [2.24, 2.45) is 0 Å². The van der Waals surface area contributed by atoms with E-state index < -0.39 is 0 Å². The van der Waals surface area contributed by atoms with Crippen molar-refractivity contribution in [2.75, 3.05) is 0 Å². The average Bonchev–Trinajstić information content (AvgIpc) is 3.20. The van der Waals surface area contributed by atoms with Crippen LogP contribution in [0, 0.1) is 0 Å². The van der Waals surface area contributed by atoms with Gasteiger partial charge >= 0.3 is 0 Å². The molecule has 1 aromatic carbocycles. The van der Waals surface area contributed by atoms with E-state index in [0.717, 1.165) is 42.7 Å². The van der Waals surface area contributed by atoms with Crippen molar-refractivity contribution in [2.45, 2.75) is 56.7 Å². The quantitative estimate of drug-likeness (QED) is 0.845. The van der Waals surface area contributed by atoms with Crippen molar-refractivity contribution in [1.82, 2.24) is 14.7 Å². The summed E-state index contributed by atoms with van der Waals surface area (Å²) in [7, 11) is 0. The summed E-state index contributed by atoms with van der Waals surface area (Å²) >= 11 is 6.03. The van der Waals surface area contributed by atoms with Crippen LogP contribution in [0.2, 0.25) is 5.02 Å². The molecule has 2 unspecified atom stereocenters. The molecular formula is C19H22ClN3O. The molecule has 1 amide bonds. The molecule has 2 saturated heterocycles. The van der Waals surface area contributed by atoms with Crippen molar-refractivity contribution >= 4 is 17.5 Å². The Labute approximate surface area is 147 Å². The summed E-state index contributed by atoms with van der Waals surface area (Å²) in [5.74, 6) is 0.293. The second-order valence-corrected chi connectivity index (χ2v) is 7.36. The summed E-state index contributed by atoms with van der Waals surface area (Å²) < 4.78 is 2.07. The van der Waals surface area contributed by atoms with Crippen molar-refractivity contribution in [1.29, 1.82) is 0 Å². The summed E-state index contributed by atoms with van der Waals surface area (Å²) in [5, 5.41) is 5.13. The van der Waals surface area contributed by atoms with Crippen LogP contribution >= 0.6 is 11.6 Å². The van der Waals surface area contributed by atoms with E-state index in [9.17, 15) is 4.79 Å². The number of hydrogen-bond acceptors (Lipinski definition) is 2. The van der Waals surface area contributed by atoms with E-state index in [1.807, 2.05) is 42.7 Å². The summed E-state index contributed by atoms with van der Waals surface area (Å²) in [6, 6.07) is 11.0. The molecule has 2 aliphatic rings. The number of rotatable bonds is 4. The fourth-order valence-electron chi connectivity index (χ4n) is 4.34. The lowest BCUT2D eigenvalue weighted by atomic mass is 9.96. The number of benzene rings is 1. The number of hydrogen-bond donors (Lipinski definition) is 0. The molecule has 0 saturated carbocycles. The SMILES string of the molecule is O=C(CCc1cccc(Cl)c1)N1C2CCC1CC(n1cccn1)C2. The largest absolute Gasteiger partial charge is 0.337 e. The van der Waals surface area contributed by atoms with E-state index in [1.165, 1.54) is 0 Å². The van der Waals surface area contributed by atoms with Crippen molar-refractivity contribution in [3.8, 4) is 0 Å². The summed E-state index contributed by atoms with van der Waals surface area (Å²) in [6.45, 7) is 0. The fourth-order valence-corrected chi connectivity index (χ4v) is 4.55. The van der Waals surface area contributed by atoms with Crippen LogP contribution in [0.3, 0.4) is 0 Å². The van der Waals surface area contributed by atoms with Gasteiger partial charge < -0.3 is 4.90 Å². The van der Waals surface area contributed by atoms with Crippen LogP contribution in [-0.4, -0.2) is 32.7 Å². The first-order valence-corrected chi connectivity index (χ1v) is 9.13. The molecule has 2 fully saturated rings. The van der Waals surface area contributed by atoms with Gasteiger partial charge in [-0.3, -0.25) is 9.48 Å². The number of carbonyl (C=O) groups excluding carboxylic acids is 1. The summed E-state index contributed by atoms with van der Waals surface area (Å²) in [5.41, 5.74) is 1.13. The fraction of sp³-hybridized carbons (Fsp3) is 0.474. The minimum absolute atomic E-state index is 0.293. The number of carbonyl (C=O) groups is 1. The molecule has 5 heteroatoms. The third kappa shape index (κ3) is 3.07. The molecule has 126 valence electrons. The second-order valence-electron chi connectivity index (χ2n) is 6.93. The second kappa shape index (κ2) is 6.60. The van der Waals surface area contributed by atoms with Crippen LogP contribution in [0.4, 0.5) is 0 Å². The molecule has 2 atom stereocenters.